The van der Waals surface area contributed by atoms with E-state index in [0.29, 0.717) is 0 Å². The van der Waals surface area contributed by atoms with Gasteiger partial charge in [-0.2, -0.15) is 5.10 Å². The zero-order chi connectivity index (χ0) is 31.4. The zero-order valence-corrected chi connectivity index (χ0v) is 30.4. The highest BCUT2D eigenvalue weighted by Crippen LogP contribution is 2.21. The normalized spacial score (nSPS) is 13.3. The lowest BCUT2D eigenvalue weighted by Gasteiger charge is -2.24. The molecule has 0 aliphatic rings. The van der Waals surface area contributed by atoms with E-state index in [2.05, 4.69) is 51.1 Å². The SMILES string of the molecule is CCCCCCCCCCN(CCCCCCCCCC)Cn1nc(CC(CC)CCCC)nc1CC(CC)CCCC. The Balaban J connectivity index is 2.90. The number of unbranched alkanes of at least 4 members (excludes halogenated alkanes) is 16. The van der Waals surface area contributed by atoms with Gasteiger partial charge in [-0.1, -0.05) is 183 Å². The van der Waals surface area contributed by atoms with E-state index in [1.807, 2.05) is 0 Å². The highest BCUT2D eigenvalue weighted by atomic mass is 15.4. The minimum absolute atomic E-state index is 0.719. The Morgan fingerprint density at radius 3 is 1.37 bits per heavy atom. The molecule has 0 spiro atoms. The highest BCUT2D eigenvalue weighted by molar-refractivity contribution is 4.96. The van der Waals surface area contributed by atoms with Gasteiger partial charge in [0.2, 0.25) is 0 Å². The van der Waals surface area contributed by atoms with Gasteiger partial charge in [0, 0.05) is 12.8 Å². The fourth-order valence-electron chi connectivity index (χ4n) is 6.56. The zero-order valence-electron chi connectivity index (χ0n) is 30.4. The van der Waals surface area contributed by atoms with Crippen LogP contribution in [-0.4, -0.2) is 32.8 Å². The molecule has 1 rings (SSSR count). The lowest BCUT2D eigenvalue weighted by molar-refractivity contribution is 0.193. The number of hydrogen-bond donors (Lipinski definition) is 0. The van der Waals surface area contributed by atoms with Gasteiger partial charge in [-0.3, -0.25) is 4.90 Å². The van der Waals surface area contributed by atoms with Crippen LogP contribution in [0.15, 0.2) is 0 Å². The maximum absolute atomic E-state index is 5.27. The summed E-state index contributed by atoms with van der Waals surface area (Å²) in [4.78, 5) is 8.00. The lowest BCUT2D eigenvalue weighted by atomic mass is 9.95. The van der Waals surface area contributed by atoms with Gasteiger partial charge in [-0.05, 0) is 37.8 Å². The van der Waals surface area contributed by atoms with Crippen LogP contribution >= 0.6 is 0 Å². The van der Waals surface area contributed by atoms with Crippen LogP contribution in [0.5, 0.6) is 0 Å². The first-order valence-electron chi connectivity index (χ1n) is 19.8. The Hall–Kier alpha value is -0.900. The van der Waals surface area contributed by atoms with E-state index in [1.54, 1.807) is 0 Å². The molecule has 0 saturated carbocycles. The van der Waals surface area contributed by atoms with Crippen LogP contribution in [0.3, 0.4) is 0 Å². The van der Waals surface area contributed by atoms with Crippen molar-refractivity contribution in [3.63, 3.8) is 0 Å². The standard InChI is InChI=1S/C39H78N4/c1-7-13-17-19-21-23-25-27-31-42(32-28-26-24-22-20-18-14-8-2)35-43-39(34-37(12-6)30-16-10-4)40-38(41-43)33-36(11-5)29-15-9-3/h36-37H,7-35H2,1-6H3. The predicted molar refractivity (Wildman–Crippen MR) is 191 cm³/mol. The minimum atomic E-state index is 0.719. The Morgan fingerprint density at radius 2 is 0.930 bits per heavy atom. The Labute approximate surface area is 271 Å². The molecule has 1 aromatic rings. The molecule has 0 saturated heterocycles. The van der Waals surface area contributed by atoms with Crippen molar-refractivity contribution in [2.75, 3.05) is 13.1 Å². The first-order valence-corrected chi connectivity index (χ1v) is 19.8. The number of rotatable bonds is 32. The van der Waals surface area contributed by atoms with E-state index in [9.17, 15) is 0 Å². The van der Waals surface area contributed by atoms with E-state index in [4.69, 9.17) is 10.1 Å². The van der Waals surface area contributed by atoms with Crippen LogP contribution in [-0.2, 0) is 19.5 Å². The summed E-state index contributed by atoms with van der Waals surface area (Å²) in [7, 11) is 0. The quantitative estimate of drug-likeness (QED) is 0.0769. The number of hydrogen-bond acceptors (Lipinski definition) is 3. The first-order chi connectivity index (χ1) is 21.1. The van der Waals surface area contributed by atoms with Gasteiger partial charge < -0.3 is 0 Å². The van der Waals surface area contributed by atoms with Crippen LogP contribution in [0.4, 0.5) is 0 Å². The molecule has 0 N–H and O–H groups in total. The molecular weight excluding hydrogens is 524 g/mol. The first kappa shape index (κ1) is 40.1. The van der Waals surface area contributed by atoms with Crippen molar-refractivity contribution >= 4 is 0 Å². The minimum Gasteiger partial charge on any atom is -0.284 e. The van der Waals surface area contributed by atoms with Crippen LogP contribution in [0.2, 0.25) is 0 Å². The molecule has 1 heterocycles. The summed E-state index contributed by atoms with van der Waals surface area (Å²) < 4.78 is 2.35. The molecule has 0 radical (unpaired) electrons. The molecular formula is C39H78N4. The largest absolute Gasteiger partial charge is 0.284 e. The molecule has 43 heavy (non-hydrogen) atoms. The molecule has 0 aliphatic carbocycles. The second kappa shape index (κ2) is 28.6. The van der Waals surface area contributed by atoms with Crippen molar-refractivity contribution in [2.24, 2.45) is 11.8 Å². The van der Waals surface area contributed by atoms with Crippen molar-refractivity contribution in [1.82, 2.24) is 19.7 Å². The van der Waals surface area contributed by atoms with Crippen molar-refractivity contribution in [3.05, 3.63) is 11.6 Å². The van der Waals surface area contributed by atoms with E-state index in [0.717, 1.165) is 37.2 Å². The molecule has 1 aromatic heterocycles. The second-order valence-electron chi connectivity index (χ2n) is 13.9. The summed E-state index contributed by atoms with van der Waals surface area (Å²) in [5, 5.41) is 5.25. The summed E-state index contributed by atoms with van der Waals surface area (Å²) >= 11 is 0. The van der Waals surface area contributed by atoms with Gasteiger partial charge in [0.15, 0.2) is 5.82 Å². The van der Waals surface area contributed by atoms with Crippen molar-refractivity contribution in [1.29, 1.82) is 0 Å². The highest BCUT2D eigenvalue weighted by Gasteiger charge is 2.19. The third-order valence-electron chi connectivity index (χ3n) is 9.81. The van der Waals surface area contributed by atoms with Crippen molar-refractivity contribution in [3.8, 4) is 0 Å². The van der Waals surface area contributed by atoms with Gasteiger partial charge in [-0.15, -0.1) is 0 Å². The second-order valence-corrected chi connectivity index (χ2v) is 13.9. The van der Waals surface area contributed by atoms with Crippen LogP contribution < -0.4 is 0 Å². The van der Waals surface area contributed by atoms with E-state index in [-0.39, 0.29) is 0 Å². The van der Waals surface area contributed by atoms with E-state index < -0.39 is 0 Å². The average molecular weight is 603 g/mol. The summed E-state index contributed by atoms with van der Waals surface area (Å²) in [6, 6.07) is 0. The summed E-state index contributed by atoms with van der Waals surface area (Å²) in [6.45, 7) is 17.3. The van der Waals surface area contributed by atoms with Gasteiger partial charge in [-0.25, -0.2) is 9.67 Å². The Morgan fingerprint density at radius 1 is 0.512 bits per heavy atom. The Bertz CT molecular complexity index is 694. The van der Waals surface area contributed by atoms with Gasteiger partial charge in [0.1, 0.15) is 5.82 Å². The molecule has 2 atom stereocenters. The Kier molecular flexibility index (Phi) is 26.7. The summed E-state index contributed by atoms with van der Waals surface area (Å²) in [5.41, 5.74) is 0. The number of aromatic nitrogens is 3. The third kappa shape index (κ3) is 20.7. The smallest absolute Gasteiger partial charge is 0.151 e. The molecule has 0 fully saturated rings. The van der Waals surface area contributed by atoms with Gasteiger partial charge in [0.05, 0.1) is 6.67 Å². The molecule has 0 aliphatic heterocycles. The van der Waals surface area contributed by atoms with Crippen LogP contribution in [0.25, 0.3) is 0 Å². The van der Waals surface area contributed by atoms with Crippen LogP contribution in [0.1, 0.15) is 207 Å². The van der Waals surface area contributed by atoms with E-state index in [1.165, 1.54) is 173 Å². The molecule has 4 nitrogen and oxygen atoms in total. The van der Waals surface area contributed by atoms with Gasteiger partial charge >= 0.3 is 0 Å². The predicted octanol–water partition coefficient (Wildman–Crippen LogP) is 12.3. The molecule has 4 heteroatoms. The monoisotopic (exact) mass is 603 g/mol. The fraction of sp³-hybridized carbons (Fsp3) is 0.949. The number of nitrogens with zero attached hydrogens (tertiary/aromatic N) is 4. The maximum Gasteiger partial charge on any atom is 0.151 e. The molecule has 0 aromatic carbocycles. The summed E-state index contributed by atoms with van der Waals surface area (Å²) in [6.07, 6.45) is 34.7. The lowest BCUT2D eigenvalue weighted by Crippen LogP contribution is -2.30. The molecule has 2 unspecified atom stereocenters. The van der Waals surface area contributed by atoms with E-state index >= 15 is 0 Å². The van der Waals surface area contributed by atoms with Crippen molar-refractivity contribution in [2.45, 2.75) is 215 Å². The fourth-order valence-corrected chi connectivity index (χ4v) is 6.56. The van der Waals surface area contributed by atoms with Gasteiger partial charge in [0.25, 0.3) is 0 Å². The maximum atomic E-state index is 5.27. The van der Waals surface area contributed by atoms with Crippen molar-refractivity contribution < 1.29 is 0 Å². The molecule has 254 valence electrons. The third-order valence-corrected chi connectivity index (χ3v) is 9.81. The topological polar surface area (TPSA) is 34.0 Å². The summed E-state index contributed by atoms with van der Waals surface area (Å²) in [5.74, 6) is 3.82. The average Bonchev–Trinajstić information content (AvgIpc) is 3.39. The molecule has 0 amide bonds. The molecule has 0 bridgehead atoms. The van der Waals surface area contributed by atoms with Crippen LogP contribution in [0, 0.1) is 11.8 Å².